The third kappa shape index (κ3) is 3.80. The van der Waals surface area contributed by atoms with E-state index in [9.17, 15) is 9.90 Å². The molecule has 3 aromatic rings. The lowest BCUT2D eigenvalue weighted by atomic mass is 10.1. The van der Waals surface area contributed by atoms with E-state index in [0.29, 0.717) is 5.69 Å². The summed E-state index contributed by atoms with van der Waals surface area (Å²) in [6.07, 6.45) is -0.0603. The molecule has 25 heavy (non-hydrogen) atoms. The van der Waals surface area contributed by atoms with Crippen LogP contribution in [0.5, 0.6) is 11.5 Å². The van der Waals surface area contributed by atoms with Crippen LogP contribution in [0.15, 0.2) is 48.5 Å². The number of ether oxygens (including phenoxy) is 2. The fraction of sp³-hybridized carbons (Fsp3) is 0.158. The van der Waals surface area contributed by atoms with Gasteiger partial charge in [-0.25, -0.2) is 4.98 Å². The van der Waals surface area contributed by atoms with E-state index in [-0.39, 0.29) is 6.42 Å². The van der Waals surface area contributed by atoms with Crippen LogP contribution < -0.4 is 9.47 Å². The molecule has 0 aliphatic carbocycles. The number of carbonyl (C=O) groups is 1. The van der Waals surface area contributed by atoms with Crippen LogP contribution in [0.25, 0.3) is 21.8 Å². The molecule has 1 N–H and O–H groups in total. The molecule has 0 spiro atoms. The number of carboxylic acids is 1. The number of hydrogen-bond acceptors (Lipinski definition) is 5. The molecule has 0 aliphatic heterocycles. The maximum absolute atomic E-state index is 11.2. The molecule has 3 rings (SSSR count). The van der Waals surface area contributed by atoms with Gasteiger partial charge < -0.3 is 14.6 Å². The smallest absolute Gasteiger partial charge is 0.308 e. The van der Waals surface area contributed by atoms with Gasteiger partial charge in [0.25, 0.3) is 0 Å². The van der Waals surface area contributed by atoms with Crippen LogP contribution in [0.1, 0.15) is 4.88 Å². The van der Waals surface area contributed by atoms with E-state index in [1.54, 1.807) is 14.2 Å². The number of benzene rings is 2. The van der Waals surface area contributed by atoms with E-state index in [1.165, 1.54) is 11.3 Å². The van der Waals surface area contributed by atoms with Gasteiger partial charge in [0.15, 0.2) is 0 Å². The minimum atomic E-state index is -0.875. The van der Waals surface area contributed by atoms with Gasteiger partial charge in [0.05, 0.1) is 26.3 Å². The van der Waals surface area contributed by atoms with Crippen molar-refractivity contribution in [3.63, 3.8) is 0 Å². The molecule has 0 saturated heterocycles. The SMILES string of the molecule is COc1ccc(-c2nc(-c3ccc(OC)cc3)c(CC(=O)O)s2)cc1. The Morgan fingerprint density at radius 1 is 0.960 bits per heavy atom. The zero-order valence-electron chi connectivity index (χ0n) is 13.9. The monoisotopic (exact) mass is 355 g/mol. The first-order chi connectivity index (χ1) is 12.1. The van der Waals surface area contributed by atoms with Gasteiger partial charge in [-0.1, -0.05) is 0 Å². The van der Waals surface area contributed by atoms with Gasteiger partial charge in [0, 0.05) is 16.0 Å². The second-order valence-corrected chi connectivity index (χ2v) is 6.40. The Bertz CT molecular complexity index is 869. The molecule has 1 heterocycles. The molecule has 128 valence electrons. The average Bonchev–Trinajstić information content (AvgIpc) is 3.05. The molecule has 0 unspecified atom stereocenters. The highest BCUT2D eigenvalue weighted by Gasteiger charge is 2.17. The molecule has 1 aromatic heterocycles. The summed E-state index contributed by atoms with van der Waals surface area (Å²) in [7, 11) is 3.22. The first-order valence-electron chi connectivity index (χ1n) is 7.61. The first kappa shape index (κ1) is 17.0. The van der Waals surface area contributed by atoms with Crippen LogP contribution in [0.4, 0.5) is 0 Å². The topological polar surface area (TPSA) is 68.7 Å². The van der Waals surface area contributed by atoms with Gasteiger partial charge >= 0.3 is 5.97 Å². The fourth-order valence-electron chi connectivity index (χ4n) is 2.44. The number of thiazole rings is 1. The molecule has 0 saturated carbocycles. The molecule has 5 nitrogen and oxygen atoms in total. The van der Waals surface area contributed by atoms with Crippen molar-refractivity contribution in [2.75, 3.05) is 14.2 Å². The number of aliphatic carboxylic acids is 1. The van der Waals surface area contributed by atoms with Gasteiger partial charge in [-0.15, -0.1) is 11.3 Å². The summed E-state index contributed by atoms with van der Waals surface area (Å²) in [5.41, 5.74) is 2.49. The highest BCUT2D eigenvalue weighted by molar-refractivity contribution is 7.15. The summed E-state index contributed by atoms with van der Waals surface area (Å²) < 4.78 is 10.3. The van der Waals surface area contributed by atoms with Crippen molar-refractivity contribution in [2.24, 2.45) is 0 Å². The largest absolute Gasteiger partial charge is 0.497 e. The fourth-order valence-corrected chi connectivity index (χ4v) is 3.52. The van der Waals surface area contributed by atoms with E-state index in [0.717, 1.165) is 32.5 Å². The molecular formula is C19H17NO4S. The molecule has 0 fully saturated rings. The normalized spacial score (nSPS) is 10.5. The van der Waals surface area contributed by atoms with E-state index in [1.807, 2.05) is 48.5 Å². The number of hydrogen-bond donors (Lipinski definition) is 1. The number of carboxylic acid groups (broad SMARTS) is 1. The van der Waals surface area contributed by atoms with E-state index in [4.69, 9.17) is 9.47 Å². The van der Waals surface area contributed by atoms with Crippen molar-refractivity contribution in [1.29, 1.82) is 0 Å². The lowest BCUT2D eigenvalue weighted by Gasteiger charge is -2.03. The Balaban J connectivity index is 2.02. The maximum atomic E-state index is 11.2. The minimum Gasteiger partial charge on any atom is -0.497 e. The lowest BCUT2D eigenvalue weighted by Crippen LogP contribution is -1.99. The Morgan fingerprint density at radius 3 is 1.96 bits per heavy atom. The van der Waals surface area contributed by atoms with Crippen LogP contribution in [0.3, 0.4) is 0 Å². The molecule has 0 bridgehead atoms. The van der Waals surface area contributed by atoms with Crippen molar-refractivity contribution in [1.82, 2.24) is 4.98 Å². The lowest BCUT2D eigenvalue weighted by molar-refractivity contribution is -0.136. The second-order valence-electron chi connectivity index (χ2n) is 5.32. The molecule has 0 atom stereocenters. The molecule has 2 aromatic carbocycles. The van der Waals surface area contributed by atoms with Crippen molar-refractivity contribution >= 4 is 17.3 Å². The van der Waals surface area contributed by atoms with Crippen LogP contribution in [-0.2, 0) is 11.2 Å². The summed E-state index contributed by atoms with van der Waals surface area (Å²) in [5, 5.41) is 9.99. The number of nitrogens with zero attached hydrogens (tertiary/aromatic N) is 1. The quantitative estimate of drug-likeness (QED) is 0.720. The number of aromatic nitrogens is 1. The molecule has 0 amide bonds. The maximum Gasteiger partial charge on any atom is 0.308 e. The molecular weight excluding hydrogens is 338 g/mol. The van der Waals surface area contributed by atoms with Gasteiger partial charge in [-0.2, -0.15) is 0 Å². The average molecular weight is 355 g/mol. The third-order valence-electron chi connectivity index (χ3n) is 3.71. The Labute approximate surface area is 149 Å². The highest BCUT2D eigenvalue weighted by atomic mass is 32.1. The van der Waals surface area contributed by atoms with Crippen molar-refractivity contribution in [3.8, 4) is 33.3 Å². The Morgan fingerprint density at radius 2 is 1.48 bits per heavy atom. The van der Waals surface area contributed by atoms with Crippen molar-refractivity contribution < 1.29 is 19.4 Å². The van der Waals surface area contributed by atoms with Gasteiger partial charge in [-0.3, -0.25) is 4.79 Å². The van der Waals surface area contributed by atoms with Gasteiger partial charge in [-0.05, 0) is 48.5 Å². The van der Waals surface area contributed by atoms with Crippen LogP contribution in [-0.4, -0.2) is 30.3 Å². The summed E-state index contributed by atoms with van der Waals surface area (Å²) in [6.45, 7) is 0. The second kappa shape index (κ2) is 7.36. The highest BCUT2D eigenvalue weighted by Crippen LogP contribution is 2.35. The summed E-state index contributed by atoms with van der Waals surface area (Å²) in [5.74, 6) is 0.635. The molecule has 6 heteroatoms. The zero-order chi connectivity index (χ0) is 17.8. The van der Waals surface area contributed by atoms with E-state index >= 15 is 0 Å². The Kier molecular flexibility index (Phi) is 5.00. The van der Waals surface area contributed by atoms with Crippen molar-refractivity contribution in [2.45, 2.75) is 6.42 Å². The zero-order valence-corrected chi connectivity index (χ0v) is 14.7. The minimum absolute atomic E-state index is 0.0603. The number of methoxy groups -OCH3 is 2. The summed E-state index contributed by atoms with van der Waals surface area (Å²) >= 11 is 1.40. The molecule has 0 aliphatic rings. The number of rotatable bonds is 6. The first-order valence-corrected chi connectivity index (χ1v) is 8.42. The Hall–Kier alpha value is -2.86. The van der Waals surface area contributed by atoms with E-state index in [2.05, 4.69) is 4.98 Å². The van der Waals surface area contributed by atoms with Gasteiger partial charge in [0.2, 0.25) is 0 Å². The van der Waals surface area contributed by atoms with E-state index < -0.39 is 5.97 Å². The standard InChI is InChI=1S/C19H17NO4S/c1-23-14-7-3-12(4-8-14)18-16(11-17(21)22)25-19(20-18)13-5-9-15(24-2)10-6-13/h3-10H,11H2,1-2H3,(H,21,22). The van der Waals surface area contributed by atoms with Crippen LogP contribution in [0.2, 0.25) is 0 Å². The van der Waals surface area contributed by atoms with Crippen molar-refractivity contribution in [3.05, 3.63) is 53.4 Å². The summed E-state index contributed by atoms with van der Waals surface area (Å²) in [4.78, 5) is 16.6. The summed E-state index contributed by atoms with van der Waals surface area (Å²) in [6, 6.07) is 15.0. The van der Waals surface area contributed by atoms with Crippen LogP contribution in [0, 0.1) is 0 Å². The molecule has 0 radical (unpaired) electrons. The van der Waals surface area contributed by atoms with Gasteiger partial charge in [0.1, 0.15) is 16.5 Å². The third-order valence-corrected chi connectivity index (χ3v) is 4.81. The van der Waals surface area contributed by atoms with Crippen LogP contribution >= 0.6 is 11.3 Å². The predicted octanol–water partition coefficient (Wildman–Crippen LogP) is 4.12. The predicted molar refractivity (Wildman–Crippen MR) is 97.4 cm³/mol.